The van der Waals surface area contributed by atoms with Crippen molar-refractivity contribution in [2.45, 2.75) is 12.6 Å². The average molecular weight is 237 g/mol. The van der Waals surface area contributed by atoms with Gasteiger partial charge in [-0.05, 0) is 12.1 Å². The SMILES string of the molecule is FC(F)c1ccc2[nH]c(C(F)(F)F)nc2n1. The van der Waals surface area contributed by atoms with Gasteiger partial charge in [-0.3, -0.25) is 0 Å². The number of aromatic amines is 1. The molecule has 2 rings (SSSR count). The normalized spacial score (nSPS) is 12.6. The first-order chi connectivity index (χ1) is 7.38. The summed E-state index contributed by atoms with van der Waals surface area (Å²) in [6.07, 6.45) is -7.48. The minimum atomic E-state index is -4.65. The van der Waals surface area contributed by atoms with Crippen LogP contribution in [0.2, 0.25) is 0 Å². The molecule has 0 atom stereocenters. The maximum atomic E-state index is 12.2. The number of halogens is 5. The van der Waals surface area contributed by atoms with Crippen molar-refractivity contribution in [3.05, 3.63) is 23.7 Å². The molecule has 0 unspecified atom stereocenters. The molecule has 0 aromatic carbocycles. The summed E-state index contributed by atoms with van der Waals surface area (Å²) in [4.78, 5) is 8.38. The van der Waals surface area contributed by atoms with Gasteiger partial charge in [0, 0.05) is 0 Å². The predicted octanol–water partition coefficient (Wildman–Crippen LogP) is 2.91. The van der Waals surface area contributed by atoms with Crippen LogP contribution in [-0.4, -0.2) is 15.0 Å². The summed E-state index contributed by atoms with van der Waals surface area (Å²) >= 11 is 0. The minimum Gasteiger partial charge on any atom is -0.333 e. The number of aromatic nitrogens is 3. The van der Waals surface area contributed by atoms with Crippen molar-refractivity contribution >= 4 is 11.2 Å². The second kappa shape index (κ2) is 3.39. The number of imidazole rings is 1. The van der Waals surface area contributed by atoms with E-state index in [0.717, 1.165) is 12.1 Å². The third-order valence-corrected chi connectivity index (χ3v) is 1.86. The topological polar surface area (TPSA) is 41.6 Å². The van der Waals surface area contributed by atoms with E-state index in [1.807, 2.05) is 4.98 Å². The van der Waals surface area contributed by atoms with Gasteiger partial charge in [-0.15, -0.1) is 0 Å². The van der Waals surface area contributed by atoms with E-state index in [2.05, 4.69) is 9.97 Å². The molecule has 0 fully saturated rings. The molecule has 3 nitrogen and oxygen atoms in total. The standard InChI is InChI=1S/C8H4F5N3/c9-5(10)3-1-2-4-6(14-3)16-7(15-4)8(11,12)13/h1-2,5H,(H,14,15,16). The first kappa shape index (κ1) is 10.8. The molecule has 0 aliphatic heterocycles. The van der Waals surface area contributed by atoms with E-state index in [1.54, 1.807) is 0 Å². The van der Waals surface area contributed by atoms with Crippen LogP contribution in [0.5, 0.6) is 0 Å². The van der Waals surface area contributed by atoms with E-state index < -0.39 is 24.1 Å². The van der Waals surface area contributed by atoms with Crippen molar-refractivity contribution in [2.24, 2.45) is 0 Å². The van der Waals surface area contributed by atoms with Gasteiger partial charge in [-0.2, -0.15) is 13.2 Å². The fourth-order valence-corrected chi connectivity index (χ4v) is 1.16. The van der Waals surface area contributed by atoms with Crippen molar-refractivity contribution in [2.75, 3.05) is 0 Å². The van der Waals surface area contributed by atoms with Crippen LogP contribution in [0.3, 0.4) is 0 Å². The van der Waals surface area contributed by atoms with Gasteiger partial charge in [0.25, 0.3) is 6.43 Å². The highest BCUT2D eigenvalue weighted by Crippen LogP contribution is 2.28. The molecule has 8 heteroatoms. The first-order valence-corrected chi connectivity index (χ1v) is 4.10. The lowest BCUT2D eigenvalue weighted by atomic mass is 10.3. The predicted molar refractivity (Wildman–Crippen MR) is 43.8 cm³/mol. The molecular weight excluding hydrogens is 233 g/mol. The zero-order valence-electron chi connectivity index (χ0n) is 7.52. The van der Waals surface area contributed by atoms with Gasteiger partial charge < -0.3 is 4.98 Å². The summed E-state index contributed by atoms with van der Waals surface area (Å²) < 4.78 is 61.1. The second-order valence-corrected chi connectivity index (χ2v) is 2.99. The third kappa shape index (κ3) is 1.82. The number of nitrogens with one attached hydrogen (secondary N) is 1. The monoisotopic (exact) mass is 237 g/mol. The Hall–Kier alpha value is -1.73. The van der Waals surface area contributed by atoms with Gasteiger partial charge in [-0.25, -0.2) is 18.7 Å². The Balaban J connectivity index is 2.54. The summed E-state index contributed by atoms with van der Waals surface area (Å²) in [7, 11) is 0. The molecule has 2 aromatic rings. The van der Waals surface area contributed by atoms with E-state index in [9.17, 15) is 22.0 Å². The molecule has 86 valence electrons. The van der Waals surface area contributed by atoms with Crippen LogP contribution in [0.4, 0.5) is 22.0 Å². The van der Waals surface area contributed by atoms with Crippen LogP contribution in [0.25, 0.3) is 11.2 Å². The van der Waals surface area contributed by atoms with Crippen molar-refractivity contribution in [3.8, 4) is 0 Å². The van der Waals surface area contributed by atoms with Crippen LogP contribution in [0.1, 0.15) is 17.9 Å². The summed E-state index contributed by atoms with van der Waals surface area (Å²) in [6, 6.07) is 2.04. The molecule has 0 bridgehead atoms. The largest absolute Gasteiger partial charge is 0.449 e. The molecular formula is C8H4F5N3. The molecule has 0 aliphatic rings. The molecule has 2 aromatic heterocycles. The molecule has 0 saturated carbocycles. The zero-order chi connectivity index (χ0) is 11.9. The molecule has 0 radical (unpaired) electrons. The quantitative estimate of drug-likeness (QED) is 0.774. The Kier molecular flexibility index (Phi) is 2.28. The van der Waals surface area contributed by atoms with Crippen molar-refractivity contribution in [1.82, 2.24) is 15.0 Å². The Labute approximate surface area is 85.3 Å². The second-order valence-electron chi connectivity index (χ2n) is 2.99. The van der Waals surface area contributed by atoms with E-state index in [-0.39, 0.29) is 11.2 Å². The van der Waals surface area contributed by atoms with Crippen LogP contribution in [0, 0.1) is 0 Å². The lowest BCUT2D eigenvalue weighted by Gasteiger charge is -1.98. The van der Waals surface area contributed by atoms with E-state index >= 15 is 0 Å². The highest BCUT2D eigenvalue weighted by molar-refractivity contribution is 5.70. The smallest absolute Gasteiger partial charge is 0.333 e. The Morgan fingerprint density at radius 2 is 1.81 bits per heavy atom. The molecule has 0 aliphatic carbocycles. The zero-order valence-corrected chi connectivity index (χ0v) is 7.52. The van der Waals surface area contributed by atoms with E-state index in [1.165, 1.54) is 0 Å². The number of pyridine rings is 1. The molecule has 1 N–H and O–H groups in total. The molecule has 0 spiro atoms. The number of nitrogens with zero attached hydrogens (tertiary/aromatic N) is 2. The van der Waals surface area contributed by atoms with Crippen molar-refractivity contribution in [3.63, 3.8) is 0 Å². The van der Waals surface area contributed by atoms with Gasteiger partial charge in [0.15, 0.2) is 5.65 Å². The Morgan fingerprint density at radius 1 is 1.12 bits per heavy atom. The number of fused-ring (bicyclic) bond motifs is 1. The molecule has 16 heavy (non-hydrogen) atoms. The number of hydrogen-bond donors (Lipinski definition) is 1. The number of hydrogen-bond acceptors (Lipinski definition) is 2. The van der Waals surface area contributed by atoms with Crippen molar-refractivity contribution < 1.29 is 22.0 Å². The van der Waals surface area contributed by atoms with Crippen LogP contribution in [-0.2, 0) is 6.18 Å². The summed E-state index contributed by atoms with van der Waals surface area (Å²) in [5, 5.41) is 0. The van der Waals surface area contributed by atoms with Crippen LogP contribution >= 0.6 is 0 Å². The van der Waals surface area contributed by atoms with E-state index in [4.69, 9.17) is 0 Å². The summed E-state index contributed by atoms with van der Waals surface area (Å²) in [5.74, 6) is -1.25. The number of H-pyrrole nitrogens is 1. The fourth-order valence-electron chi connectivity index (χ4n) is 1.16. The lowest BCUT2D eigenvalue weighted by molar-refractivity contribution is -0.144. The van der Waals surface area contributed by atoms with Gasteiger partial charge in [0.2, 0.25) is 5.82 Å². The maximum Gasteiger partial charge on any atom is 0.449 e. The molecule has 0 amide bonds. The Bertz CT molecular complexity index is 516. The lowest BCUT2D eigenvalue weighted by Crippen LogP contribution is -2.06. The van der Waals surface area contributed by atoms with Gasteiger partial charge in [0.05, 0.1) is 5.52 Å². The third-order valence-electron chi connectivity index (χ3n) is 1.86. The summed E-state index contributed by atoms with van der Waals surface area (Å²) in [5.41, 5.74) is -1.01. The number of rotatable bonds is 1. The van der Waals surface area contributed by atoms with Crippen LogP contribution < -0.4 is 0 Å². The number of alkyl halides is 5. The minimum absolute atomic E-state index is 0.0308. The van der Waals surface area contributed by atoms with Crippen LogP contribution in [0.15, 0.2) is 12.1 Å². The van der Waals surface area contributed by atoms with Gasteiger partial charge in [0.1, 0.15) is 5.69 Å². The first-order valence-electron chi connectivity index (χ1n) is 4.10. The maximum absolute atomic E-state index is 12.2. The summed E-state index contributed by atoms with van der Waals surface area (Å²) in [6.45, 7) is 0. The fraction of sp³-hybridized carbons (Fsp3) is 0.250. The molecule has 2 heterocycles. The van der Waals surface area contributed by atoms with Crippen molar-refractivity contribution in [1.29, 1.82) is 0 Å². The average Bonchev–Trinajstić information content (AvgIpc) is 2.58. The highest BCUT2D eigenvalue weighted by atomic mass is 19.4. The highest BCUT2D eigenvalue weighted by Gasteiger charge is 2.35. The molecule has 0 saturated heterocycles. The Morgan fingerprint density at radius 3 is 2.38 bits per heavy atom. The van der Waals surface area contributed by atoms with Gasteiger partial charge >= 0.3 is 6.18 Å². The van der Waals surface area contributed by atoms with E-state index in [0.29, 0.717) is 0 Å². The van der Waals surface area contributed by atoms with Gasteiger partial charge in [-0.1, -0.05) is 0 Å².